The summed E-state index contributed by atoms with van der Waals surface area (Å²) in [5.74, 6) is 0.206. The Balaban J connectivity index is 1.53. The average molecular weight is 450 g/mol. The van der Waals surface area contributed by atoms with Crippen molar-refractivity contribution < 1.29 is 22.3 Å². The average Bonchev–Trinajstić information content (AvgIpc) is 2.76. The van der Waals surface area contributed by atoms with Gasteiger partial charge in [-0.15, -0.1) is 0 Å². The smallest absolute Gasteiger partial charge is 0.232 e. The Hall–Kier alpha value is -2.81. The molecule has 0 N–H and O–H groups in total. The number of carbonyl (C=O) groups excluding carboxylic acids is 1. The van der Waals surface area contributed by atoms with E-state index in [2.05, 4.69) is 4.90 Å². The van der Waals surface area contributed by atoms with Gasteiger partial charge in [0.15, 0.2) is 0 Å². The summed E-state index contributed by atoms with van der Waals surface area (Å²) in [5, 5.41) is 0. The molecule has 1 aliphatic rings. The van der Waals surface area contributed by atoms with Gasteiger partial charge >= 0.3 is 0 Å². The predicted molar refractivity (Wildman–Crippen MR) is 120 cm³/mol. The number of nitrogens with zero attached hydrogens (tertiary/aromatic N) is 3. The molecular weight excluding hydrogens is 421 g/mol. The first-order valence-corrected chi connectivity index (χ1v) is 12.0. The Labute approximate surface area is 183 Å². The van der Waals surface area contributed by atoms with E-state index in [9.17, 15) is 17.6 Å². The molecule has 0 radical (unpaired) electrons. The number of carbonyl (C=O) groups is 1. The minimum Gasteiger partial charge on any atom is -0.495 e. The van der Waals surface area contributed by atoms with Crippen molar-refractivity contribution in [2.45, 2.75) is 12.8 Å². The van der Waals surface area contributed by atoms with Crippen LogP contribution in [0.15, 0.2) is 48.5 Å². The number of hydrogen-bond acceptors (Lipinski definition) is 5. The number of piperazine rings is 1. The van der Waals surface area contributed by atoms with E-state index in [1.165, 1.54) is 23.5 Å². The van der Waals surface area contributed by atoms with Crippen LogP contribution in [0.2, 0.25) is 0 Å². The zero-order valence-electron chi connectivity index (χ0n) is 17.8. The first-order valence-electron chi connectivity index (χ1n) is 10.2. The maximum atomic E-state index is 13.1. The van der Waals surface area contributed by atoms with Gasteiger partial charge in [0.1, 0.15) is 11.6 Å². The zero-order valence-corrected chi connectivity index (χ0v) is 18.6. The molecule has 7 nitrogen and oxygen atoms in total. The number of rotatable bonds is 8. The van der Waals surface area contributed by atoms with Crippen molar-refractivity contribution in [1.82, 2.24) is 4.90 Å². The molecule has 0 aromatic heterocycles. The number of benzene rings is 2. The maximum absolute atomic E-state index is 13.1. The van der Waals surface area contributed by atoms with E-state index in [-0.39, 0.29) is 24.7 Å². The highest BCUT2D eigenvalue weighted by Gasteiger charge is 2.23. The molecule has 1 amide bonds. The lowest BCUT2D eigenvalue weighted by molar-refractivity contribution is -0.131. The van der Waals surface area contributed by atoms with Crippen LogP contribution in [0.4, 0.5) is 15.8 Å². The number of para-hydroxylation sites is 2. The third kappa shape index (κ3) is 5.88. The van der Waals surface area contributed by atoms with Crippen LogP contribution >= 0.6 is 0 Å². The molecule has 31 heavy (non-hydrogen) atoms. The number of halogens is 1. The molecule has 0 bridgehead atoms. The Morgan fingerprint density at radius 3 is 2.32 bits per heavy atom. The molecule has 2 aromatic carbocycles. The predicted octanol–water partition coefficient (Wildman–Crippen LogP) is 2.73. The van der Waals surface area contributed by atoms with Gasteiger partial charge in [-0.1, -0.05) is 12.1 Å². The van der Waals surface area contributed by atoms with Crippen LogP contribution in [0, 0.1) is 5.82 Å². The highest BCUT2D eigenvalue weighted by molar-refractivity contribution is 7.92. The Bertz CT molecular complexity index is 990. The summed E-state index contributed by atoms with van der Waals surface area (Å²) in [7, 11) is -2.02. The third-order valence-electron chi connectivity index (χ3n) is 5.33. The number of amides is 1. The summed E-state index contributed by atoms with van der Waals surface area (Å²) in [6.45, 7) is 2.71. The van der Waals surface area contributed by atoms with Gasteiger partial charge in [0.2, 0.25) is 15.9 Å². The standard InChI is InChI=1S/C22H28FN3O4S/c1-30-21-7-4-3-6-20(21)26(31(2,28)29)13-5-8-22(27)25-16-14-24(15-17-25)19-11-9-18(23)10-12-19/h3-4,6-7,9-12H,5,8,13-17H2,1-2H3. The number of anilines is 2. The second-order valence-corrected chi connectivity index (χ2v) is 9.36. The topological polar surface area (TPSA) is 70.2 Å². The van der Waals surface area contributed by atoms with Crippen LogP contribution in [0.5, 0.6) is 5.75 Å². The van der Waals surface area contributed by atoms with Crippen LogP contribution < -0.4 is 13.9 Å². The summed E-state index contributed by atoms with van der Waals surface area (Å²) in [4.78, 5) is 16.6. The highest BCUT2D eigenvalue weighted by atomic mass is 32.2. The second kappa shape index (κ2) is 10.00. The van der Waals surface area contributed by atoms with Gasteiger partial charge in [-0.05, 0) is 42.8 Å². The number of sulfonamides is 1. The lowest BCUT2D eigenvalue weighted by Crippen LogP contribution is -2.48. The largest absolute Gasteiger partial charge is 0.495 e. The normalized spacial score (nSPS) is 14.4. The molecule has 9 heteroatoms. The maximum Gasteiger partial charge on any atom is 0.232 e. The van der Waals surface area contributed by atoms with Crippen molar-refractivity contribution in [2.75, 3.05) is 55.3 Å². The van der Waals surface area contributed by atoms with Gasteiger partial charge in [-0.3, -0.25) is 9.10 Å². The molecule has 3 rings (SSSR count). The van der Waals surface area contributed by atoms with Crippen molar-refractivity contribution in [3.8, 4) is 5.75 Å². The summed E-state index contributed by atoms with van der Waals surface area (Å²) >= 11 is 0. The molecule has 0 spiro atoms. The third-order valence-corrected chi connectivity index (χ3v) is 6.51. The van der Waals surface area contributed by atoms with Crippen molar-refractivity contribution in [3.63, 3.8) is 0 Å². The summed E-state index contributed by atoms with van der Waals surface area (Å²) in [5.41, 5.74) is 1.40. The molecule has 2 aromatic rings. The first kappa shape index (κ1) is 22.9. The summed E-state index contributed by atoms with van der Waals surface area (Å²) < 4.78 is 44.3. The van der Waals surface area contributed by atoms with Gasteiger partial charge in [0.05, 0.1) is 19.1 Å². The minimum atomic E-state index is -3.52. The molecule has 168 valence electrons. The number of hydrogen-bond donors (Lipinski definition) is 0. The van der Waals surface area contributed by atoms with Gasteiger partial charge in [0, 0.05) is 44.8 Å². The van der Waals surface area contributed by atoms with Crippen LogP contribution in [0.25, 0.3) is 0 Å². The molecule has 0 unspecified atom stereocenters. The molecule has 1 aliphatic heterocycles. The quantitative estimate of drug-likeness (QED) is 0.620. The van der Waals surface area contributed by atoms with E-state index in [0.717, 1.165) is 11.9 Å². The van der Waals surface area contributed by atoms with Crippen LogP contribution in [-0.4, -0.2) is 65.3 Å². The second-order valence-electron chi connectivity index (χ2n) is 7.45. The van der Waals surface area contributed by atoms with Crippen LogP contribution in [0.3, 0.4) is 0 Å². The van der Waals surface area contributed by atoms with E-state index in [0.29, 0.717) is 44.0 Å². The summed E-state index contributed by atoms with van der Waals surface area (Å²) in [6.07, 6.45) is 1.82. The van der Waals surface area contributed by atoms with Crippen molar-refractivity contribution in [3.05, 3.63) is 54.3 Å². The monoisotopic (exact) mass is 449 g/mol. The minimum absolute atomic E-state index is 0.00670. The fourth-order valence-corrected chi connectivity index (χ4v) is 4.67. The Morgan fingerprint density at radius 1 is 1.06 bits per heavy atom. The fourth-order valence-electron chi connectivity index (χ4n) is 3.70. The van der Waals surface area contributed by atoms with Gasteiger partial charge < -0.3 is 14.5 Å². The molecule has 0 saturated carbocycles. The fraction of sp³-hybridized carbons (Fsp3) is 0.409. The SMILES string of the molecule is COc1ccccc1N(CCCC(=O)N1CCN(c2ccc(F)cc2)CC1)S(C)(=O)=O. The number of ether oxygens (including phenoxy) is 1. The van der Waals surface area contributed by atoms with Gasteiger partial charge in [-0.25, -0.2) is 12.8 Å². The zero-order chi connectivity index (χ0) is 22.4. The van der Waals surface area contributed by atoms with Crippen molar-refractivity contribution >= 4 is 27.3 Å². The number of methoxy groups -OCH3 is 1. The molecule has 1 fully saturated rings. The molecule has 1 saturated heterocycles. The molecule has 0 aliphatic carbocycles. The van der Waals surface area contributed by atoms with E-state index in [1.54, 1.807) is 41.3 Å². The molecule has 0 atom stereocenters. The van der Waals surface area contributed by atoms with Gasteiger partial charge in [-0.2, -0.15) is 0 Å². The first-order chi connectivity index (χ1) is 14.8. The van der Waals surface area contributed by atoms with Crippen molar-refractivity contribution in [1.29, 1.82) is 0 Å². The van der Waals surface area contributed by atoms with E-state index >= 15 is 0 Å². The van der Waals surface area contributed by atoms with Crippen LogP contribution in [0.1, 0.15) is 12.8 Å². The Kier molecular flexibility index (Phi) is 7.37. The van der Waals surface area contributed by atoms with E-state index in [4.69, 9.17) is 4.74 Å². The van der Waals surface area contributed by atoms with Crippen LogP contribution in [-0.2, 0) is 14.8 Å². The van der Waals surface area contributed by atoms with E-state index in [1.807, 2.05) is 0 Å². The summed E-state index contributed by atoms with van der Waals surface area (Å²) in [6, 6.07) is 13.3. The highest BCUT2D eigenvalue weighted by Crippen LogP contribution is 2.29. The van der Waals surface area contributed by atoms with E-state index < -0.39 is 10.0 Å². The molecular formula is C22H28FN3O4S. The lowest BCUT2D eigenvalue weighted by atomic mass is 10.2. The lowest BCUT2D eigenvalue weighted by Gasteiger charge is -2.36. The van der Waals surface area contributed by atoms with Crippen molar-refractivity contribution in [2.24, 2.45) is 0 Å². The Morgan fingerprint density at radius 2 is 1.71 bits per heavy atom. The molecule has 1 heterocycles. The van der Waals surface area contributed by atoms with Gasteiger partial charge in [0.25, 0.3) is 0 Å².